The lowest BCUT2D eigenvalue weighted by Gasteiger charge is -2.32. The van der Waals surface area contributed by atoms with Gasteiger partial charge < -0.3 is 20.5 Å². The van der Waals surface area contributed by atoms with Gasteiger partial charge >= 0.3 is 0 Å². The van der Waals surface area contributed by atoms with Crippen LogP contribution in [-0.4, -0.2) is 40.7 Å². The number of amides is 3. The molecule has 3 fully saturated rings. The Balaban J connectivity index is 1.60. The van der Waals surface area contributed by atoms with Crippen molar-refractivity contribution < 1.29 is 29.6 Å². The zero-order valence-electron chi connectivity index (χ0n) is 17.6. The van der Waals surface area contributed by atoms with Gasteiger partial charge in [-0.2, -0.15) is 0 Å². The number of carboxylic acid groups (broad SMARTS) is 1. The minimum absolute atomic E-state index is 0.125. The van der Waals surface area contributed by atoms with Crippen molar-refractivity contribution in [3.05, 3.63) is 29.3 Å². The number of nitrogens with two attached hydrogens (primary N) is 1. The van der Waals surface area contributed by atoms with Gasteiger partial charge in [0.05, 0.1) is 5.69 Å². The van der Waals surface area contributed by atoms with Gasteiger partial charge in [-0.25, -0.2) is 0 Å². The predicted octanol–water partition coefficient (Wildman–Crippen LogP) is -0.448. The largest absolute Gasteiger partial charge is 0.550 e. The van der Waals surface area contributed by atoms with Crippen LogP contribution in [0.25, 0.3) is 0 Å². The number of benzene rings is 1. The number of carbonyl (C=O) groups is 4. The van der Waals surface area contributed by atoms with Gasteiger partial charge in [0.25, 0.3) is 5.91 Å². The third kappa shape index (κ3) is 2.84. The normalized spacial score (nSPS) is 32.5. The molecule has 3 N–H and O–H groups in total. The zero-order valence-corrected chi connectivity index (χ0v) is 17.6. The maximum Gasteiger partial charge on any atom is 0.291 e. The van der Waals surface area contributed by atoms with Gasteiger partial charge in [-0.3, -0.25) is 19.3 Å². The molecule has 0 bridgehead atoms. The highest BCUT2D eigenvalue weighted by Crippen LogP contribution is 2.50. The number of hydrogen-bond donors (Lipinski definition) is 2. The lowest BCUT2D eigenvalue weighted by molar-refractivity contribution is -0.734. The molecule has 31 heavy (non-hydrogen) atoms. The Morgan fingerprint density at radius 2 is 1.94 bits per heavy atom. The molecule has 1 aromatic rings. The number of carbonyl (C=O) groups excluding carboxylic acids is 4. The summed E-state index contributed by atoms with van der Waals surface area (Å²) in [6, 6.07) is 5.04. The summed E-state index contributed by atoms with van der Waals surface area (Å²) in [4.78, 5) is 53.3. The molecular formula is C23H27N3O5. The maximum absolute atomic E-state index is 13.8. The van der Waals surface area contributed by atoms with Crippen LogP contribution in [0.2, 0.25) is 0 Å². The zero-order chi connectivity index (χ0) is 21.9. The Morgan fingerprint density at radius 3 is 2.65 bits per heavy atom. The highest BCUT2D eigenvalue weighted by Gasteiger charge is 2.74. The molecule has 1 aromatic carbocycles. The van der Waals surface area contributed by atoms with Crippen LogP contribution in [0.5, 0.6) is 0 Å². The van der Waals surface area contributed by atoms with Crippen molar-refractivity contribution in [2.24, 2.45) is 11.8 Å². The Hall–Kier alpha value is -2.74. The highest BCUT2D eigenvalue weighted by molar-refractivity contribution is 6.14. The fraction of sp³-hybridized carbons (Fsp3) is 0.565. The number of carboxylic acids is 1. The van der Waals surface area contributed by atoms with E-state index in [0.29, 0.717) is 5.69 Å². The van der Waals surface area contributed by atoms with Crippen LogP contribution in [0.4, 0.5) is 5.69 Å². The molecule has 1 spiro atoms. The molecule has 1 saturated carbocycles. The second kappa shape index (κ2) is 7.15. The highest BCUT2D eigenvalue weighted by atomic mass is 16.4. The molecule has 1 aliphatic carbocycles. The molecule has 0 aromatic heterocycles. The summed E-state index contributed by atoms with van der Waals surface area (Å²) < 4.78 is 0. The van der Waals surface area contributed by atoms with Gasteiger partial charge in [0, 0.05) is 24.0 Å². The number of nitrogens with one attached hydrogen (secondary N) is 1. The summed E-state index contributed by atoms with van der Waals surface area (Å²) in [5.74, 6) is -3.54. The summed E-state index contributed by atoms with van der Waals surface area (Å²) >= 11 is 0. The van der Waals surface area contributed by atoms with E-state index in [-0.39, 0.29) is 36.6 Å². The number of anilines is 1. The summed E-state index contributed by atoms with van der Waals surface area (Å²) in [5.41, 5.74) is 1.09. The van der Waals surface area contributed by atoms with Crippen molar-refractivity contribution in [2.75, 3.05) is 5.32 Å². The molecule has 8 heteroatoms. The lowest BCUT2D eigenvalue weighted by Crippen LogP contribution is -2.99. The first kappa shape index (κ1) is 20.2. The summed E-state index contributed by atoms with van der Waals surface area (Å²) in [6.45, 7) is 1.92. The summed E-state index contributed by atoms with van der Waals surface area (Å²) in [7, 11) is 0. The van der Waals surface area contributed by atoms with Gasteiger partial charge in [-0.05, 0) is 38.3 Å². The molecule has 3 amide bonds. The first-order valence-corrected chi connectivity index (χ1v) is 11.2. The van der Waals surface area contributed by atoms with Crippen molar-refractivity contribution in [1.82, 2.24) is 4.90 Å². The maximum atomic E-state index is 13.8. The SMILES string of the molecule is Cc1ccc2c(c1)[C@]1([NH2+][C@@H](CCC(=O)[O-])[C@H]3C(=O)N(C4CCCCC4)C(=O)[C@H]31)C(=O)N2. The van der Waals surface area contributed by atoms with Crippen LogP contribution in [0, 0.1) is 18.8 Å². The average Bonchev–Trinajstić information content (AvgIpc) is 3.32. The van der Waals surface area contributed by atoms with Crippen LogP contribution in [0.3, 0.4) is 0 Å². The molecule has 0 unspecified atom stereocenters. The fourth-order valence-corrected chi connectivity index (χ4v) is 6.35. The van der Waals surface area contributed by atoms with Crippen LogP contribution in [-0.2, 0) is 24.7 Å². The number of nitrogens with zero attached hydrogens (tertiary/aromatic N) is 1. The van der Waals surface area contributed by atoms with E-state index in [0.717, 1.165) is 43.2 Å². The second-order valence-corrected chi connectivity index (χ2v) is 9.46. The van der Waals surface area contributed by atoms with E-state index in [4.69, 9.17) is 0 Å². The quantitative estimate of drug-likeness (QED) is 0.633. The van der Waals surface area contributed by atoms with Crippen LogP contribution in [0.1, 0.15) is 56.1 Å². The molecular weight excluding hydrogens is 398 g/mol. The van der Waals surface area contributed by atoms with Crippen molar-refractivity contribution in [2.45, 2.75) is 69.5 Å². The number of fused-ring (bicyclic) bond motifs is 4. The van der Waals surface area contributed by atoms with E-state index in [1.54, 1.807) is 5.32 Å². The molecule has 8 nitrogen and oxygen atoms in total. The first-order valence-electron chi connectivity index (χ1n) is 11.2. The van der Waals surface area contributed by atoms with E-state index in [9.17, 15) is 24.3 Å². The fourth-order valence-electron chi connectivity index (χ4n) is 6.35. The number of hydrogen-bond acceptors (Lipinski definition) is 5. The number of rotatable bonds is 4. The molecule has 3 aliphatic heterocycles. The minimum Gasteiger partial charge on any atom is -0.550 e. The Bertz CT molecular complexity index is 985. The summed E-state index contributed by atoms with van der Waals surface area (Å²) in [5, 5.41) is 15.9. The van der Waals surface area contributed by atoms with E-state index in [1.807, 2.05) is 25.1 Å². The van der Waals surface area contributed by atoms with E-state index in [2.05, 4.69) is 5.32 Å². The smallest absolute Gasteiger partial charge is 0.291 e. The molecule has 0 radical (unpaired) electrons. The van der Waals surface area contributed by atoms with Gasteiger partial charge in [-0.1, -0.05) is 30.9 Å². The van der Waals surface area contributed by atoms with Crippen LogP contribution in [0.15, 0.2) is 18.2 Å². The third-order valence-corrected chi connectivity index (χ3v) is 7.68. The monoisotopic (exact) mass is 425 g/mol. The predicted molar refractivity (Wildman–Crippen MR) is 107 cm³/mol. The minimum atomic E-state index is -1.24. The van der Waals surface area contributed by atoms with Crippen molar-refractivity contribution in [3.8, 4) is 0 Å². The van der Waals surface area contributed by atoms with Gasteiger partial charge in [0.1, 0.15) is 17.9 Å². The van der Waals surface area contributed by atoms with E-state index >= 15 is 0 Å². The van der Waals surface area contributed by atoms with E-state index < -0.39 is 29.4 Å². The number of aliphatic carboxylic acids is 1. The topological polar surface area (TPSA) is 123 Å². The molecule has 4 aliphatic rings. The molecule has 164 valence electrons. The number of aryl methyl sites for hydroxylation is 1. The Kier molecular flexibility index (Phi) is 4.66. The third-order valence-electron chi connectivity index (χ3n) is 7.68. The Morgan fingerprint density at radius 1 is 1.19 bits per heavy atom. The first-order chi connectivity index (χ1) is 14.8. The van der Waals surface area contributed by atoms with Crippen molar-refractivity contribution in [1.29, 1.82) is 0 Å². The number of quaternary nitrogens is 1. The standard InChI is InChI=1S/C23H27N3O5/c1-12-7-8-15-14(11-12)23(22(31)24-15)19-18(16(25-23)9-10-17(27)28)20(29)26(21(19)30)13-5-3-2-4-6-13/h7-8,11,13,16,18-19,25H,2-6,9-10H2,1H3,(H,24,31)(H,27,28)/t16-,18+,19-,23+/m0/s1. The lowest BCUT2D eigenvalue weighted by atomic mass is 9.76. The average molecular weight is 425 g/mol. The van der Waals surface area contributed by atoms with Crippen molar-refractivity contribution in [3.63, 3.8) is 0 Å². The van der Waals surface area contributed by atoms with Gasteiger partial charge in [0.15, 0.2) is 0 Å². The van der Waals surface area contributed by atoms with E-state index in [1.165, 1.54) is 4.90 Å². The molecule has 5 rings (SSSR count). The molecule has 4 atom stereocenters. The van der Waals surface area contributed by atoms with Gasteiger partial charge in [0.2, 0.25) is 17.4 Å². The number of likely N-dealkylation sites (tertiary alicyclic amines) is 1. The second-order valence-electron chi connectivity index (χ2n) is 9.46. The van der Waals surface area contributed by atoms with Crippen LogP contribution >= 0.6 is 0 Å². The molecule has 3 heterocycles. The molecule has 2 saturated heterocycles. The number of imide groups is 1. The van der Waals surface area contributed by atoms with Gasteiger partial charge in [-0.15, -0.1) is 0 Å². The van der Waals surface area contributed by atoms with Crippen LogP contribution < -0.4 is 15.7 Å². The Labute approximate surface area is 180 Å². The summed E-state index contributed by atoms with van der Waals surface area (Å²) in [6.07, 6.45) is 4.60. The van der Waals surface area contributed by atoms with Crippen molar-refractivity contribution >= 4 is 29.4 Å².